The minimum Gasteiger partial charge on any atom is -0.493 e. The Labute approximate surface area is 167 Å². The molecule has 1 atom stereocenters. The number of carbonyl (C=O) groups is 2. The van der Waals surface area contributed by atoms with Crippen LogP contribution in [-0.4, -0.2) is 32.2 Å². The van der Waals surface area contributed by atoms with Crippen LogP contribution in [0, 0.1) is 5.92 Å². The summed E-state index contributed by atoms with van der Waals surface area (Å²) in [6, 6.07) is 5.45. The van der Waals surface area contributed by atoms with Gasteiger partial charge in [0.05, 0.1) is 14.2 Å². The molecule has 1 fully saturated rings. The van der Waals surface area contributed by atoms with Gasteiger partial charge in [0.1, 0.15) is 0 Å². The first-order valence-corrected chi connectivity index (χ1v) is 10.2. The van der Waals surface area contributed by atoms with Gasteiger partial charge in [-0.05, 0) is 43.4 Å². The lowest BCUT2D eigenvalue weighted by Crippen LogP contribution is -2.35. The molecule has 1 aromatic rings. The van der Waals surface area contributed by atoms with Crippen LogP contribution in [0.3, 0.4) is 0 Å². The lowest BCUT2D eigenvalue weighted by molar-refractivity contribution is -0.155. The molecule has 0 aromatic heterocycles. The Hall–Kier alpha value is -2.24. The molecular formula is C22H33NO5. The number of hydrogen-bond acceptors (Lipinski definition) is 5. The van der Waals surface area contributed by atoms with E-state index in [9.17, 15) is 9.59 Å². The SMILES string of the molecule is COc1ccc(CNC(=O)[C@@H](C)OC(=O)CCCC2CCCCC2)cc1OC. The Bertz CT molecular complexity index is 640. The van der Waals surface area contributed by atoms with Gasteiger partial charge in [-0.15, -0.1) is 0 Å². The maximum absolute atomic E-state index is 12.2. The van der Waals surface area contributed by atoms with Gasteiger partial charge >= 0.3 is 5.97 Å². The fraction of sp³-hybridized carbons (Fsp3) is 0.636. The van der Waals surface area contributed by atoms with E-state index in [1.54, 1.807) is 33.3 Å². The lowest BCUT2D eigenvalue weighted by Gasteiger charge is -2.21. The van der Waals surface area contributed by atoms with Crippen molar-refractivity contribution in [2.24, 2.45) is 5.92 Å². The zero-order valence-corrected chi connectivity index (χ0v) is 17.3. The van der Waals surface area contributed by atoms with Crippen molar-refractivity contribution in [2.45, 2.75) is 70.9 Å². The van der Waals surface area contributed by atoms with Crippen molar-refractivity contribution >= 4 is 11.9 Å². The van der Waals surface area contributed by atoms with E-state index in [2.05, 4.69) is 5.32 Å². The number of methoxy groups -OCH3 is 2. The minimum atomic E-state index is -0.803. The summed E-state index contributed by atoms with van der Waals surface area (Å²) < 4.78 is 15.7. The maximum Gasteiger partial charge on any atom is 0.306 e. The molecule has 0 radical (unpaired) electrons. The summed E-state index contributed by atoms with van der Waals surface area (Å²) in [6.07, 6.45) is 8.02. The highest BCUT2D eigenvalue weighted by atomic mass is 16.5. The highest BCUT2D eigenvalue weighted by Crippen LogP contribution is 2.28. The average molecular weight is 392 g/mol. The van der Waals surface area contributed by atoms with Gasteiger partial charge in [-0.2, -0.15) is 0 Å². The number of benzene rings is 1. The van der Waals surface area contributed by atoms with E-state index in [4.69, 9.17) is 14.2 Å². The van der Waals surface area contributed by atoms with Gasteiger partial charge in [0, 0.05) is 13.0 Å². The van der Waals surface area contributed by atoms with Crippen LogP contribution in [0.1, 0.15) is 63.9 Å². The molecule has 0 heterocycles. The van der Waals surface area contributed by atoms with Crippen LogP contribution in [0.25, 0.3) is 0 Å². The molecule has 0 spiro atoms. The Balaban J connectivity index is 1.69. The Kier molecular flexibility index (Phi) is 9.11. The van der Waals surface area contributed by atoms with Gasteiger partial charge in [-0.1, -0.05) is 38.2 Å². The van der Waals surface area contributed by atoms with Gasteiger partial charge in [0.15, 0.2) is 17.6 Å². The predicted molar refractivity (Wildman–Crippen MR) is 107 cm³/mol. The third-order valence-electron chi connectivity index (χ3n) is 5.31. The number of carbonyl (C=O) groups excluding carboxylic acids is 2. The third-order valence-corrected chi connectivity index (χ3v) is 5.31. The van der Waals surface area contributed by atoms with E-state index in [0.29, 0.717) is 24.5 Å². The van der Waals surface area contributed by atoms with Gasteiger partial charge in [0.2, 0.25) is 0 Å². The van der Waals surface area contributed by atoms with Crippen molar-refractivity contribution < 1.29 is 23.8 Å². The molecule has 6 heteroatoms. The summed E-state index contributed by atoms with van der Waals surface area (Å²) >= 11 is 0. The fourth-order valence-corrected chi connectivity index (χ4v) is 3.64. The molecule has 1 saturated carbocycles. The van der Waals surface area contributed by atoms with Gasteiger partial charge < -0.3 is 19.5 Å². The van der Waals surface area contributed by atoms with E-state index >= 15 is 0 Å². The molecule has 0 unspecified atom stereocenters. The quantitative estimate of drug-likeness (QED) is 0.610. The summed E-state index contributed by atoms with van der Waals surface area (Å²) in [5.74, 6) is 1.38. The first kappa shape index (κ1) is 22.1. The summed E-state index contributed by atoms with van der Waals surface area (Å²) in [4.78, 5) is 24.2. The highest BCUT2D eigenvalue weighted by molar-refractivity contribution is 5.83. The standard InChI is InChI=1S/C22H33NO5/c1-16(28-21(24)11-7-10-17-8-5-4-6-9-17)22(25)23-15-18-12-13-19(26-2)20(14-18)27-3/h12-14,16-17H,4-11,15H2,1-3H3,(H,23,25)/t16-/m1/s1. The highest BCUT2D eigenvalue weighted by Gasteiger charge is 2.19. The van der Waals surface area contributed by atoms with E-state index in [0.717, 1.165) is 24.3 Å². The molecule has 1 N–H and O–H groups in total. The zero-order valence-electron chi connectivity index (χ0n) is 17.3. The lowest BCUT2D eigenvalue weighted by atomic mass is 9.86. The van der Waals surface area contributed by atoms with Crippen molar-refractivity contribution in [1.82, 2.24) is 5.32 Å². The van der Waals surface area contributed by atoms with Crippen molar-refractivity contribution in [3.8, 4) is 11.5 Å². The Morgan fingerprint density at radius 2 is 1.82 bits per heavy atom. The van der Waals surface area contributed by atoms with Crippen molar-refractivity contribution in [3.05, 3.63) is 23.8 Å². The maximum atomic E-state index is 12.2. The monoisotopic (exact) mass is 391 g/mol. The second-order valence-corrected chi connectivity index (χ2v) is 7.44. The Morgan fingerprint density at radius 1 is 1.11 bits per heavy atom. The summed E-state index contributed by atoms with van der Waals surface area (Å²) in [6.45, 7) is 1.92. The molecule has 28 heavy (non-hydrogen) atoms. The van der Waals surface area contributed by atoms with E-state index in [-0.39, 0.29) is 11.9 Å². The number of amides is 1. The summed E-state index contributed by atoms with van der Waals surface area (Å²) in [7, 11) is 3.14. The number of ether oxygens (including phenoxy) is 3. The van der Waals surface area contributed by atoms with Gasteiger partial charge in [-0.25, -0.2) is 0 Å². The van der Waals surface area contributed by atoms with Crippen LogP contribution in [-0.2, 0) is 20.9 Å². The Morgan fingerprint density at radius 3 is 2.50 bits per heavy atom. The third kappa shape index (κ3) is 7.06. The van der Waals surface area contributed by atoms with Crippen molar-refractivity contribution in [3.63, 3.8) is 0 Å². The van der Waals surface area contributed by atoms with Crippen LogP contribution >= 0.6 is 0 Å². The second kappa shape index (κ2) is 11.6. The largest absolute Gasteiger partial charge is 0.493 e. The molecule has 6 nitrogen and oxygen atoms in total. The molecule has 0 bridgehead atoms. The first-order valence-electron chi connectivity index (χ1n) is 10.2. The van der Waals surface area contributed by atoms with Crippen molar-refractivity contribution in [2.75, 3.05) is 14.2 Å². The molecule has 2 rings (SSSR count). The zero-order chi connectivity index (χ0) is 20.4. The minimum absolute atomic E-state index is 0.301. The van der Waals surface area contributed by atoms with E-state index in [1.807, 2.05) is 6.07 Å². The smallest absolute Gasteiger partial charge is 0.306 e. The van der Waals surface area contributed by atoms with Crippen LogP contribution in [0.4, 0.5) is 0 Å². The summed E-state index contributed by atoms with van der Waals surface area (Å²) in [5.41, 5.74) is 0.872. The van der Waals surface area contributed by atoms with Crippen LogP contribution in [0.5, 0.6) is 11.5 Å². The molecular weight excluding hydrogens is 358 g/mol. The normalized spacial score (nSPS) is 15.5. The molecule has 1 aliphatic carbocycles. The molecule has 1 aliphatic rings. The van der Waals surface area contributed by atoms with E-state index < -0.39 is 6.10 Å². The molecule has 0 saturated heterocycles. The number of hydrogen-bond donors (Lipinski definition) is 1. The van der Waals surface area contributed by atoms with Gasteiger partial charge in [-0.3, -0.25) is 9.59 Å². The molecule has 156 valence electrons. The molecule has 0 aliphatic heterocycles. The van der Waals surface area contributed by atoms with Crippen LogP contribution in [0.15, 0.2) is 18.2 Å². The molecule has 1 aromatic carbocycles. The predicted octanol–water partition coefficient (Wildman–Crippen LogP) is 4.00. The second-order valence-electron chi connectivity index (χ2n) is 7.44. The summed E-state index contributed by atoms with van der Waals surface area (Å²) in [5, 5.41) is 2.79. The van der Waals surface area contributed by atoms with Crippen LogP contribution < -0.4 is 14.8 Å². The van der Waals surface area contributed by atoms with Gasteiger partial charge in [0.25, 0.3) is 5.91 Å². The first-order chi connectivity index (χ1) is 13.5. The number of rotatable bonds is 10. The van der Waals surface area contributed by atoms with Crippen molar-refractivity contribution in [1.29, 1.82) is 0 Å². The van der Waals surface area contributed by atoms with Crippen LogP contribution in [0.2, 0.25) is 0 Å². The average Bonchev–Trinajstić information content (AvgIpc) is 2.72. The number of esters is 1. The fourth-order valence-electron chi connectivity index (χ4n) is 3.64. The van der Waals surface area contributed by atoms with E-state index in [1.165, 1.54) is 32.1 Å². The number of nitrogens with one attached hydrogen (secondary N) is 1. The topological polar surface area (TPSA) is 73.9 Å². The molecule has 1 amide bonds.